The first-order valence-electron chi connectivity index (χ1n) is 6.44. The van der Waals surface area contributed by atoms with E-state index in [4.69, 9.17) is 0 Å². The normalized spacial score (nSPS) is 10.0. The predicted molar refractivity (Wildman–Crippen MR) is 71.0 cm³/mol. The molecule has 2 amide bonds. The summed E-state index contributed by atoms with van der Waals surface area (Å²) in [5.41, 5.74) is 0.910. The number of nitrogens with one attached hydrogen (secondary N) is 2. The third-order valence-corrected chi connectivity index (χ3v) is 2.63. The Morgan fingerprint density at radius 3 is 2.21 bits per heavy atom. The number of carbonyl (C=O) groups excluding carboxylic acids is 2. The van der Waals surface area contributed by atoms with E-state index in [1.807, 2.05) is 6.92 Å². The number of amides is 2. The monoisotopic (exact) mass is 266 g/mol. The maximum absolute atomic E-state index is 12.7. The molecule has 0 aromatic heterocycles. The van der Waals surface area contributed by atoms with Crippen LogP contribution in [0.1, 0.15) is 25.3 Å². The summed E-state index contributed by atoms with van der Waals surface area (Å²) < 4.78 is 12.7. The molecule has 19 heavy (non-hydrogen) atoms. The second-order valence-corrected chi connectivity index (χ2v) is 4.24. The number of carbonyl (C=O) groups is 2. The highest BCUT2D eigenvalue weighted by molar-refractivity contribution is 6.35. The molecule has 1 rings (SSSR count). The van der Waals surface area contributed by atoms with Crippen LogP contribution in [0.15, 0.2) is 24.3 Å². The van der Waals surface area contributed by atoms with Gasteiger partial charge in [0, 0.05) is 13.1 Å². The maximum atomic E-state index is 12.7. The van der Waals surface area contributed by atoms with E-state index >= 15 is 0 Å². The van der Waals surface area contributed by atoms with Gasteiger partial charge in [0.1, 0.15) is 5.82 Å². The third kappa shape index (κ3) is 5.99. The number of hydrogen-bond donors (Lipinski definition) is 2. The molecule has 0 unspecified atom stereocenters. The molecule has 0 atom stereocenters. The fourth-order valence-corrected chi connectivity index (χ4v) is 1.51. The SMILES string of the molecule is CCCCNC(=O)C(=O)NCCc1ccc(F)cc1. The molecule has 1 aromatic rings. The second kappa shape index (κ2) is 8.24. The summed E-state index contributed by atoms with van der Waals surface area (Å²) in [6.45, 7) is 2.88. The van der Waals surface area contributed by atoms with E-state index in [2.05, 4.69) is 10.6 Å². The zero-order valence-corrected chi connectivity index (χ0v) is 11.0. The molecule has 0 aliphatic carbocycles. The second-order valence-electron chi connectivity index (χ2n) is 4.24. The molecule has 0 aliphatic heterocycles. The molecule has 0 saturated carbocycles. The molecule has 0 spiro atoms. The fraction of sp³-hybridized carbons (Fsp3) is 0.429. The highest BCUT2D eigenvalue weighted by Gasteiger charge is 2.11. The Kier molecular flexibility index (Phi) is 6.57. The Bertz CT molecular complexity index is 418. The molecule has 1 aromatic carbocycles. The molecule has 0 fully saturated rings. The van der Waals surface area contributed by atoms with Crippen LogP contribution in [0, 0.1) is 5.82 Å². The van der Waals surface area contributed by atoms with Crippen molar-refractivity contribution in [2.24, 2.45) is 0 Å². The highest BCUT2D eigenvalue weighted by Crippen LogP contribution is 2.02. The molecular weight excluding hydrogens is 247 g/mol. The smallest absolute Gasteiger partial charge is 0.309 e. The fourth-order valence-electron chi connectivity index (χ4n) is 1.51. The number of unbranched alkanes of at least 4 members (excludes halogenated alkanes) is 1. The van der Waals surface area contributed by atoms with Crippen molar-refractivity contribution >= 4 is 11.8 Å². The zero-order chi connectivity index (χ0) is 14.1. The van der Waals surface area contributed by atoms with Crippen molar-refractivity contribution in [3.05, 3.63) is 35.6 Å². The first-order valence-corrected chi connectivity index (χ1v) is 6.44. The van der Waals surface area contributed by atoms with E-state index in [-0.39, 0.29) is 5.82 Å². The Morgan fingerprint density at radius 1 is 1.05 bits per heavy atom. The molecule has 0 saturated heterocycles. The minimum absolute atomic E-state index is 0.289. The minimum Gasteiger partial charge on any atom is -0.348 e. The van der Waals surface area contributed by atoms with Gasteiger partial charge in [0.15, 0.2) is 0 Å². The minimum atomic E-state index is -0.627. The van der Waals surface area contributed by atoms with Crippen LogP contribution >= 0.6 is 0 Å². The molecule has 5 heteroatoms. The number of halogens is 1. The first kappa shape index (κ1) is 15.1. The largest absolute Gasteiger partial charge is 0.348 e. The van der Waals surface area contributed by atoms with Crippen molar-refractivity contribution in [3.8, 4) is 0 Å². The van der Waals surface area contributed by atoms with Crippen molar-refractivity contribution in [3.63, 3.8) is 0 Å². The Hall–Kier alpha value is -1.91. The van der Waals surface area contributed by atoms with Crippen molar-refractivity contribution < 1.29 is 14.0 Å². The summed E-state index contributed by atoms with van der Waals surface area (Å²) in [5, 5.41) is 5.07. The summed E-state index contributed by atoms with van der Waals surface area (Å²) in [6.07, 6.45) is 2.38. The molecule has 104 valence electrons. The number of rotatable bonds is 6. The van der Waals surface area contributed by atoms with E-state index in [1.54, 1.807) is 12.1 Å². The van der Waals surface area contributed by atoms with Crippen LogP contribution in [0.25, 0.3) is 0 Å². The molecular formula is C14H19FN2O2. The first-order chi connectivity index (χ1) is 9.13. The van der Waals surface area contributed by atoms with E-state index in [0.29, 0.717) is 19.5 Å². The lowest BCUT2D eigenvalue weighted by atomic mass is 10.1. The van der Waals surface area contributed by atoms with Gasteiger partial charge in [0.25, 0.3) is 0 Å². The van der Waals surface area contributed by atoms with E-state index in [1.165, 1.54) is 12.1 Å². The van der Waals surface area contributed by atoms with Gasteiger partial charge in [0.2, 0.25) is 0 Å². The molecule has 2 N–H and O–H groups in total. The quantitative estimate of drug-likeness (QED) is 0.604. The summed E-state index contributed by atoms with van der Waals surface area (Å²) in [4.78, 5) is 22.7. The summed E-state index contributed by atoms with van der Waals surface area (Å²) in [7, 11) is 0. The van der Waals surface area contributed by atoms with Crippen molar-refractivity contribution in [2.45, 2.75) is 26.2 Å². The van der Waals surface area contributed by atoms with Crippen LogP contribution in [0.3, 0.4) is 0 Å². The van der Waals surface area contributed by atoms with Crippen LogP contribution in [-0.2, 0) is 16.0 Å². The molecule has 0 bridgehead atoms. The Labute approximate surface area is 112 Å². The van der Waals surface area contributed by atoms with E-state index < -0.39 is 11.8 Å². The van der Waals surface area contributed by atoms with Gasteiger partial charge < -0.3 is 10.6 Å². The molecule has 0 aliphatic rings. The lowest BCUT2D eigenvalue weighted by Crippen LogP contribution is -2.40. The van der Waals surface area contributed by atoms with Gasteiger partial charge in [0.05, 0.1) is 0 Å². The third-order valence-electron chi connectivity index (χ3n) is 2.63. The summed E-state index contributed by atoms with van der Waals surface area (Å²) >= 11 is 0. The lowest BCUT2D eigenvalue weighted by Gasteiger charge is -2.06. The topological polar surface area (TPSA) is 58.2 Å². The van der Waals surface area contributed by atoms with Crippen molar-refractivity contribution in [1.82, 2.24) is 10.6 Å². The van der Waals surface area contributed by atoms with Gasteiger partial charge in [-0.3, -0.25) is 9.59 Å². The van der Waals surface area contributed by atoms with E-state index in [0.717, 1.165) is 18.4 Å². The molecule has 0 heterocycles. The van der Waals surface area contributed by atoms with Gasteiger partial charge >= 0.3 is 11.8 Å². The average Bonchev–Trinajstić information content (AvgIpc) is 2.41. The van der Waals surface area contributed by atoms with Crippen molar-refractivity contribution in [2.75, 3.05) is 13.1 Å². The van der Waals surface area contributed by atoms with Gasteiger partial charge in [-0.2, -0.15) is 0 Å². The number of benzene rings is 1. The Balaban J connectivity index is 2.23. The van der Waals surface area contributed by atoms with Crippen LogP contribution < -0.4 is 10.6 Å². The Morgan fingerprint density at radius 2 is 1.63 bits per heavy atom. The maximum Gasteiger partial charge on any atom is 0.309 e. The van der Waals surface area contributed by atoms with Gasteiger partial charge in [-0.1, -0.05) is 25.5 Å². The standard InChI is InChI=1S/C14H19FN2O2/c1-2-3-9-16-13(18)14(19)17-10-8-11-4-6-12(15)7-5-11/h4-7H,2-3,8-10H2,1H3,(H,16,18)(H,17,19). The van der Waals surface area contributed by atoms with E-state index in [9.17, 15) is 14.0 Å². The lowest BCUT2D eigenvalue weighted by molar-refractivity contribution is -0.139. The number of hydrogen-bond acceptors (Lipinski definition) is 2. The molecule has 4 nitrogen and oxygen atoms in total. The van der Waals surface area contributed by atoms with Gasteiger partial charge in [-0.25, -0.2) is 4.39 Å². The molecule has 0 radical (unpaired) electrons. The van der Waals surface area contributed by atoms with Gasteiger partial charge in [-0.05, 0) is 30.5 Å². The van der Waals surface area contributed by atoms with Crippen LogP contribution in [0.2, 0.25) is 0 Å². The zero-order valence-electron chi connectivity index (χ0n) is 11.0. The summed E-state index contributed by atoms with van der Waals surface area (Å²) in [6, 6.07) is 6.05. The highest BCUT2D eigenvalue weighted by atomic mass is 19.1. The van der Waals surface area contributed by atoms with Crippen LogP contribution in [0.4, 0.5) is 4.39 Å². The predicted octanol–water partition coefficient (Wildman–Crippen LogP) is 1.40. The summed E-state index contributed by atoms with van der Waals surface area (Å²) in [5.74, 6) is -1.52. The van der Waals surface area contributed by atoms with Crippen molar-refractivity contribution in [1.29, 1.82) is 0 Å². The van der Waals surface area contributed by atoms with Crippen LogP contribution in [-0.4, -0.2) is 24.9 Å². The van der Waals surface area contributed by atoms with Gasteiger partial charge in [-0.15, -0.1) is 0 Å². The average molecular weight is 266 g/mol. The van der Waals surface area contributed by atoms with Crippen LogP contribution in [0.5, 0.6) is 0 Å².